The number of benzene rings is 2. The number of halogens is 3. The highest BCUT2D eigenvalue weighted by Gasteiger charge is 2.12. The van der Waals surface area contributed by atoms with Gasteiger partial charge in [-0.2, -0.15) is 0 Å². The van der Waals surface area contributed by atoms with Gasteiger partial charge in [0.2, 0.25) is 0 Å². The number of carbonyl (C=O) groups is 2. The third-order valence-electron chi connectivity index (χ3n) is 2.59. The fourth-order valence-electron chi connectivity index (χ4n) is 1.63. The Bertz CT molecular complexity index is 714. The lowest BCUT2D eigenvalue weighted by atomic mass is 10.1. The molecule has 0 aromatic heterocycles. The molecule has 0 saturated heterocycles. The second-order valence-electron chi connectivity index (χ2n) is 4.11. The molecule has 0 aliphatic heterocycles. The Morgan fingerprint density at radius 3 is 2.38 bits per heavy atom. The van der Waals surface area contributed by atoms with Gasteiger partial charge >= 0.3 is 5.97 Å². The number of hydrogen-bond donors (Lipinski definition) is 2. The van der Waals surface area contributed by atoms with E-state index in [2.05, 4.69) is 37.2 Å². The molecule has 1 amide bonds. The van der Waals surface area contributed by atoms with Crippen LogP contribution in [0.1, 0.15) is 20.7 Å². The summed E-state index contributed by atoms with van der Waals surface area (Å²) >= 11 is 6.32. The highest BCUT2D eigenvalue weighted by Crippen LogP contribution is 2.25. The van der Waals surface area contributed by atoms with Crippen molar-refractivity contribution in [3.8, 4) is 0 Å². The first-order valence-corrected chi connectivity index (χ1v) is 7.25. The summed E-state index contributed by atoms with van der Waals surface area (Å²) in [5, 5.41) is 11.5. The zero-order valence-electron chi connectivity index (χ0n) is 10.4. The van der Waals surface area contributed by atoms with E-state index < -0.39 is 17.7 Å². The van der Waals surface area contributed by atoms with Crippen molar-refractivity contribution in [2.45, 2.75) is 0 Å². The number of anilines is 1. The zero-order valence-corrected chi connectivity index (χ0v) is 13.5. The molecular formula is C14H8Br2FNO3. The molecule has 0 aliphatic carbocycles. The number of carboxylic acid groups (broad SMARTS) is 1. The van der Waals surface area contributed by atoms with Crippen molar-refractivity contribution in [3.63, 3.8) is 0 Å². The summed E-state index contributed by atoms with van der Waals surface area (Å²) < 4.78 is 14.2. The van der Waals surface area contributed by atoms with E-state index in [4.69, 9.17) is 5.11 Å². The first-order valence-electron chi connectivity index (χ1n) is 5.67. The number of aromatic carboxylic acids is 1. The lowest BCUT2D eigenvalue weighted by Gasteiger charge is -2.09. The molecule has 0 fully saturated rings. The number of amides is 1. The van der Waals surface area contributed by atoms with Crippen LogP contribution >= 0.6 is 31.9 Å². The molecular weight excluding hydrogens is 409 g/mol. The molecule has 2 rings (SSSR count). The minimum atomic E-state index is -1.11. The van der Waals surface area contributed by atoms with E-state index in [-0.39, 0.29) is 11.1 Å². The Labute approximate surface area is 136 Å². The predicted molar refractivity (Wildman–Crippen MR) is 83.2 cm³/mol. The monoisotopic (exact) mass is 415 g/mol. The minimum absolute atomic E-state index is 0.0360. The number of hydrogen-bond acceptors (Lipinski definition) is 2. The molecule has 2 N–H and O–H groups in total. The Morgan fingerprint density at radius 2 is 1.76 bits per heavy atom. The van der Waals surface area contributed by atoms with Crippen molar-refractivity contribution in [1.82, 2.24) is 0 Å². The fourth-order valence-corrected chi connectivity index (χ4v) is 2.44. The van der Waals surface area contributed by atoms with Gasteiger partial charge in [-0.25, -0.2) is 9.18 Å². The second kappa shape index (κ2) is 6.36. The van der Waals surface area contributed by atoms with Gasteiger partial charge in [0.1, 0.15) is 5.82 Å². The van der Waals surface area contributed by atoms with E-state index in [0.717, 1.165) is 6.07 Å². The van der Waals surface area contributed by atoms with Crippen molar-refractivity contribution >= 4 is 49.4 Å². The molecule has 108 valence electrons. The predicted octanol–water partition coefficient (Wildman–Crippen LogP) is 4.30. The van der Waals surface area contributed by atoms with Crippen molar-refractivity contribution in [2.24, 2.45) is 0 Å². The standard InChI is InChI=1S/C14H8Br2FNO3/c15-9-3-8(4-10(17)6-9)13(19)18-12-5-7(14(20)21)1-2-11(12)16/h1-6H,(H,18,19)(H,20,21). The molecule has 4 nitrogen and oxygen atoms in total. The van der Waals surface area contributed by atoms with Gasteiger partial charge in [0, 0.05) is 14.5 Å². The van der Waals surface area contributed by atoms with Gasteiger partial charge in [-0.3, -0.25) is 4.79 Å². The van der Waals surface area contributed by atoms with Gasteiger partial charge in [0.05, 0.1) is 11.3 Å². The third kappa shape index (κ3) is 3.89. The van der Waals surface area contributed by atoms with E-state index >= 15 is 0 Å². The van der Waals surface area contributed by atoms with Crippen LogP contribution in [0.3, 0.4) is 0 Å². The largest absolute Gasteiger partial charge is 0.478 e. The van der Waals surface area contributed by atoms with Crippen molar-refractivity contribution in [2.75, 3.05) is 5.32 Å². The van der Waals surface area contributed by atoms with Gasteiger partial charge in [-0.15, -0.1) is 0 Å². The van der Waals surface area contributed by atoms with Crippen molar-refractivity contribution < 1.29 is 19.1 Å². The quantitative estimate of drug-likeness (QED) is 0.783. The average Bonchev–Trinajstić information content (AvgIpc) is 2.39. The molecule has 21 heavy (non-hydrogen) atoms. The number of carboxylic acids is 1. The highest BCUT2D eigenvalue weighted by atomic mass is 79.9. The maximum Gasteiger partial charge on any atom is 0.335 e. The Balaban J connectivity index is 2.31. The molecule has 7 heteroatoms. The molecule has 2 aromatic carbocycles. The first kappa shape index (κ1) is 15.7. The van der Waals surface area contributed by atoms with Crippen LogP contribution in [-0.4, -0.2) is 17.0 Å². The van der Waals surface area contributed by atoms with Crippen LogP contribution in [0, 0.1) is 5.82 Å². The molecule has 2 aromatic rings. The van der Waals surface area contributed by atoms with Crippen molar-refractivity contribution in [1.29, 1.82) is 0 Å². The third-order valence-corrected chi connectivity index (χ3v) is 3.74. The molecule has 0 spiro atoms. The second-order valence-corrected chi connectivity index (χ2v) is 5.88. The Kier molecular flexibility index (Phi) is 4.74. The van der Waals surface area contributed by atoms with Gasteiger partial charge in [0.15, 0.2) is 0 Å². The van der Waals surface area contributed by atoms with Crippen LogP contribution in [0.2, 0.25) is 0 Å². The van der Waals surface area contributed by atoms with Crippen LogP contribution in [0.5, 0.6) is 0 Å². The summed E-state index contributed by atoms with van der Waals surface area (Å²) in [5.74, 6) is -2.20. The van der Waals surface area contributed by atoms with Crippen LogP contribution < -0.4 is 5.32 Å². The number of nitrogens with one attached hydrogen (secondary N) is 1. The number of rotatable bonds is 3. The smallest absolute Gasteiger partial charge is 0.335 e. The highest BCUT2D eigenvalue weighted by molar-refractivity contribution is 9.10. The summed E-state index contributed by atoms with van der Waals surface area (Å²) in [6.45, 7) is 0. The van der Waals surface area contributed by atoms with Gasteiger partial charge in [0.25, 0.3) is 5.91 Å². The first-order chi connectivity index (χ1) is 9.86. The van der Waals surface area contributed by atoms with Crippen LogP contribution in [0.15, 0.2) is 45.3 Å². The molecule has 0 saturated carbocycles. The summed E-state index contributed by atoms with van der Waals surface area (Å²) in [6, 6.07) is 8.03. The van der Waals surface area contributed by atoms with Crippen LogP contribution in [0.25, 0.3) is 0 Å². The zero-order chi connectivity index (χ0) is 15.6. The maximum absolute atomic E-state index is 13.3. The molecule has 0 bridgehead atoms. The fraction of sp³-hybridized carbons (Fsp3) is 0. The summed E-state index contributed by atoms with van der Waals surface area (Å²) in [5.41, 5.74) is 0.448. The van der Waals surface area contributed by atoms with E-state index in [1.807, 2.05) is 0 Å². The van der Waals surface area contributed by atoms with E-state index in [0.29, 0.717) is 14.6 Å². The lowest BCUT2D eigenvalue weighted by Crippen LogP contribution is -2.13. The topological polar surface area (TPSA) is 66.4 Å². The SMILES string of the molecule is O=C(O)c1ccc(Br)c(NC(=O)c2cc(F)cc(Br)c2)c1. The normalized spacial score (nSPS) is 10.2. The molecule has 0 radical (unpaired) electrons. The number of carbonyl (C=O) groups excluding carboxylic acids is 1. The van der Waals surface area contributed by atoms with Crippen molar-refractivity contribution in [3.05, 3.63) is 62.3 Å². The maximum atomic E-state index is 13.3. The van der Waals surface area contributed by atoms with Gasteiger partial charge in [-0.05, 0) is 52.3 Å². The van der Waals surface area contributed by atoms with Gasteiger partial charge in [-0.1, -0.05) is 15.9 Å². The van der Waals surface area contributed by atoms with Crippen LogP contribution in [0.4, 0.5) is 10.1 Å². The van der Waals surface area contributed by atoms with Gasteiger partial charge < -0.3 is 10.4 Å². The Hall–Kier alpha value is -1.73. The lowest BCUT2D eigenvalue weighted by molar-refractivity contribution is 0.0696. The molecule has 0 atom stereocenters. The molecule has 0 aliphatic rings. The average molecular weight is 417 g/mol. The molecule has 0 heterocycles. The minimum Gasteiger partial charge on any atom is -0.478 e. The molecule has 0 unspecified atom stereocenters. The summed E-state index contributed by atoms with van der Waals surface area (Å²) in [6.07, 6.45) is 0. The van der Waals surface area contributed by atoms with E-state index in [1.165, 1.54) is 30.3 Å². The summed E-state index contributed by atoms with van der Waals surface area (Å²) in [7, 11) is 0. The van der Waals surface area contributed by atoms with E-state index in [9.17, 15) is 14.0 Å². The van der Waals surface area contributed by atoms with Crippen LogP contribution in [-0.2, 0) is 0 Å². The Morgan fingerprint density at radius 1 is 1.05 bits per heavy atom. The van der Waals surface area contributed by atoms with E-state index in [1.54, 1.807) is 0 Å². The summed E-state index contributed by atoms with van der Waals surface area (Å²) in [4.78, 5) is 23.0.